The number of hydrogen-bond acceptors (Lipinski definition) is 3. The lowest BCUT2D eigenvalue weighted by atomic mass is 10.1. The molecule has 4 N–H and O–H groups in total. The van der Waals surface area contributed by atoms with E-state index in [2.05, 4.69) is 10.6 Å². The molecule has 5 nitrogen and oxygen atoms in total. The summed E-state index contributed by atoms with van der Waals surface area (Å²) in [7, 11) is 0. The molecule has 1 rings (SSSR count). The standard InChI is InChI=1S/C11H21N3O2/c1-8(7-12)6-11(16)13-5-4-10(15)14-9-2-3-9/h8-9H,2-7,12H2,1H3,(H,13,16)(H,14,15). The summed E-state index contributed by atoms with van der Waals surface area (Å²) < 4.78 is 0. The average molecular weight is 227 g/mol. The third-order valence-corrected chi connectivity index (χ3v) is 2.55. The summed E-state index contributed by atoms with van der Waals surface area (Å²) >= 11 is 0. The Labute approximate surface area is 96.1 Å². The van der Waals surface area contributed by atoms with Gasteiger partial charge in [0.1, 0.15) is 0 Å². The molecule has 0 bridgehead atoms. The summed E-state index contributed by atoms with van der Waals surface area (Å²) in [5.41, 5.74) is 5.41. The lowest BCUT2D eigenvalue weighted by Gasteiger charge is -2.09. The fourth-order valence-electron chi connectivity index (χ4n) is 1.31. The molecule has 0 spiro atoms. The molecule has 0 aromatic carbocycles. The molecule has 2 amide bonds. The monoisotopic (exact) mass is 227 g/mol. The molecule has 5 heteroatoms. The van der Waals surface area contributed by atoms with E-state index in [0.717, 1.165) is 12.8 Å². The Kier molecular flexibility index (Phi) is 5.25. The van der Waals surface area contributed by atoms with Gasteiger partial charge in [-0.25, -0.2) is 0 Å². The maximum atomic E-state index is 11.3. The summed E-state index contributed by atoms with van der Waals surface area (Å²) in [6.07, 6.45) is 2.97. The topological polar surface area (TPSA) is 84.2 Å². The highest BCUT2D eigenvalue weighted by Crippen LogP contribution is 2.18. The number of rotatable bonds is 7. The Morgan fingerprint density at radius 3 is 2.62 bits per heavy atom. The van der Waals surface area contributed by atoms with E-state index in [1.807, 2.05) is 6.92 Å². The van der Waals surface area contributed by atoms with Crippen LogP contribution in [0.15, 0.2) is 0 Å². The molecule has 0 saturated heterocycles. The molecule has 0 aliphatic heterocycles. The molecule has 1 aliphatic rings. The summed E-state index contributed by atoms with van der Waals surface area (Å²) in [5.74, 6) is 0.187. The van der Waals surface area contributed by atoms with Crippen LogP contribution in [0, 0.1) is 5.92 Å². The highest BCUT2D eigenvalue weighted by Gasteiger charge is 2.22. The molecule has 0 aromatic rings. The Bertz CT molecular complexity index is 252. The highest BCUT2D eigenvalue weighted by molar-refractivity contribution is 5.79. The van der Waals surface area contributed by atoms with Crippen molar-refractivity contribution in [2.45, 2.75) is 38.6 Å². The van der Waals surface area contributed by atoms with E-state index in [0.29, 0.717) is 32.0 Å². The number of amides is 2. The van der Waals surface area contributed by atoms with Crippen molar-refractivity contribution in [3.63, 3.8) is 0 Å². The molecule has 1 unspecified atom stereocenters. The fourth-order valence-corrected chi connectivity index (χ4v) is 1.31. The van der Waals surface area contributed by atoms with Gasteiger partial charge in [0.2, 0.25) is 11.8 Å². The van der Waals surface area contributed by atoms with Gasteiger partial charge in [-0.2, -0.15) is 0 Å². The van der Waals surface area contributed by atoms with Crippen LogP contribution in [0.5, 0.6) is 0 Å². The Hall–Kier alpha value is -1.10. The SMILES string of the molecule is CC(CN)CC(=O)NCCC(=O)NC1CC1. The van der Waals surface area contributed by atoms with Crippen LogP contribution in [0.1, 0.15) is 32.6 Å². The maximum absolute atomic E-state index is 11.3. The van der Waals surface area contributed by atoms with Crippen molar-refractivity contribution in [3.8, 4) is 0 Å². The van der Waals surface area contributed by atoms with Gasteiger partial charge in [-0.15, -0.1) is 0 Å². The van der Waals surface area contributed by atoms with E-state index in [1.54, 1.807) is 0 Å². The van der Waals surface area contributed by atoms with Crippen LogP contribution in [0.4, 0.5) is 0 Å². The lowest BCUT2D eigenvalue weighted by molar-refractivity contribution is -0.122. The smallest absolute Gasteiger partial charge is 0.221 e. The second-order valence-corrected chi connectivity index (χ2v) is 4.49. The number of nitrogens with one attached hydrogen (secondary N) is 2. The molecule has 1 aliphatic carbocycles. The molecular weight excluding hydrogens is 206 g/mol. The second kappa shape index (κ2) is 6.48. The zero-order valence-electron chi connectivity index (χ0n) is 9.79. The van der Waals surface area contributed by atoms with Gasteiger partial charge < -0.3 is 16.4 Å². The van der Waals surface area contributed by atoms with Crippen molar-refractivity contribution in [1.29, 1.82) is 0 Å². The van der Waals surface area contributed by atoms with Crippen LogP contribution in [0.3, 0.4) is 0 Å². The minimum atomic E-state index is -0.0304. The van der Waals surface area contributed by atoms with Crippen molar-refractivity contribution in [3.05, 3.63) is 0 Å². The normalized spacial score (nSPS) is 16.6. The highest BCUT2D eigenvalue weighted by atomic mass is 16.2. The van der Waals surface area contributed by atoms with Gasteiger partial charge in [0.15, 0.2) is 0 Å². The molecule has 0 aromatic heterocycles. The van der Waals surface area contributed by atoms with Crippen molar-refractivity contribution in [2.75, 3.05) is 13.1 Å². The molecule has 0 heterocycles. The molecular formula is C11H21N3O2. The van der Waals surface area contributed by atoms with Gasteiger partial charge in [-0.3, -0.25) is 9.59 Å². The van der Waals surface area contributed by atoms with Gasteiger partial charge in [0, 0.05) is 25.4 Å². The van der Waals surface area contributed by atoms with Gasteiger partial charge in [0.25, 0.3) is 0 Å². The fraction of sp³-hybridized carbons (Fsp3) is 0.818. The van der Waals surface area contributed by atoms with Gasteiger partial charge in [0.05, 0.1) is 0 Å². The third kappa shape index (κ3) is 5.70. The van der Waals surface area contributed by atoms with Crippen molar-refractivity contribution >= 4 is 11.8 Å². The maximum Gasteiger partial charge on any atom is 0.221 e. The van der Waals surface area contributed by atoms with Crippen LogP contribution in [0.2, 0.25) is 0 Å². The quantitative estimate of drug-likeness (QED) is 0.561. The van der Waals surface area contributed by atoms with Gasteiger partial charge in [-0.1, -0.05) is 6.92 Å². The van der Waals surface area contributed by atoms with E-state index >= 15 is 0 Å². The predicted molar refractivity (Wildman–Crippen MR) is 61.6 cm³/mol. The zero-order chi connectivity index (χ0) is 12.0. The molecule has 1 saturated carbocycles. The Morgan fingerprint density at radius 2 is 2.06 bits per heavy atom. The molecule has 1 fully saturated rings. The van der Waals surface area contributed by atoms with Crippen LogP contribution in [-0.2, 0) is 9.59 Å². The molecule has 1 atom stereocenters. The van der Waals surface area contributed by atoms with Crippen molar-refractivity contribution in [1.82, 2.24) is 10.6 Å². The third-order valence-electron chi connectivity index (χ3n) is 2.55. The predicted octanol–water partition coefficient (Wildman–Crippen LogP) is -0.244. The van der Waals surface area contributed by atoms with Gasteiger partial charge in [-0.05, 0) is 25.3 Å². The first-order valence-corrected chi connectivity index (χ1v) is 5.88. The molecule has 0 radical (unpaired) electrons. The van der Waals surface area contributed by atoms with E-state index in [4.69, 9.17) is 5.73 Å². The first-order valence-electron chi connectivity index (χ1n) is 5.88. The van der Waals surface area contributed by atoms with Crippen LogP contribution in [-0.4, -0.2) is 30.9 Å². The van der Waals surface area contributed by atoms with Crippen molar-refractivity contribution < 1.29 is 9.59 Å². The van der Waals surface area contributed by atoms with Crippen LogP contribution < -0.4 is 16.4 Å². The van der Waals surface area contributed by atoms with Crippen molar-refractivity contribution in [2.24, 2.45) is 11.7 Å². The van der Waals surface area contributed by atoms with E-state index < -0.39 is 0 Å². The second-order valence-electron chi connectivity index (χ2n) is 4.49. The summed E-state index contributed by atoms with van der Waals surface area (Å²) in [6, 6.07) is 0.389. The first-order chi connectivity index (χ1) is 7.61. The van der Waals surface area contributed by atoms with Crippen LogP contribution in [0.25, 0.3) is 0 Å². The molecule has 16 heavy (non-hydrogen) atoms. The van der Waals surface area contributed by atoms with E-state index in [1.165, 1.54) is 0 Å². The van der Waals surface area contributed by atoms with E-state index in [-0.39, 0.29) is 17.7 Å². The van der Waals surface area contributed by atoms with E-state index in [9.17, 15) is 9.59 Å². The number of carbonyl (C=O) groups excluding carboxylic acids is 2. The summed E-state index contributed by atoms with van der Waals surface area (Å²) in [6.45, 7) is 2.85. The molecule has 92 valence electrons. The number of hydrogen-bond donors (Lipinski definition) is 3. The van der Waals surface area contributed by atoms with Gasteiger partial charge >= 0.3 is 0 Å². The Balaban J connectivity index is 2.00. The van der Waals surface area contributed by atoms with Crippen LogP contribution >= 0.6 is 0 Å². The summed E-state index contributed by atoms with van der Waals surface area (Å²) in [5, 5.41) is 5.59. The number of nitrogens with two attached hydrogens (primary N) is 1. The Morgan fingerprint density at radius 1 is 1.38 bits per heavy atom. The first kappa shape index (κ1) is 13.0. The lowest BCUT2D eigenvalue weighted by Crippen LogP contribution is -2.32. The minimum absolute atomic E-state index is 0.0228. The zero-order valence-corrected chi connectivity index (χ0v) is 9.79. The summed E-state index contributed by atoms with van der Waals surface area (Å²) in [4.78, 5) is 22.6. The minimum Gasteiger partial charge on any atom is -0.356 e. The average Bonchev–Trinajstić information content (AvgIpc) is 3.01. The number of carbonyl (C=O) groups is 2. The largest absolute Gasteiger partial charge is 0.356 e.